The zero-order valence-electron chi connectivity index (χ0n) is 10.4. The maximum absolute atomic E-state index is 11.8. The van der Waals surface area contributed by atoms with E-state index in [4.69, 9.17) is 0 Å². The molecule has 7 heteroatoms. The summed E-state index contributed by atoms with van der Waals surface area (Å²) in [5.74, 6) is -0.204. The number of hydrogen-bond donors (Lipinski definition) is 1. The summed E-state index contributed by atoms with van der Waals surface area (Å²) >= 11 is 3.25. The predicted octanol–water partition coefficient (Wildman–Crippen LogP) is 1.91. The van der Waals surface area contributed by atoms with E-state index in [0.29, 0.717) is 15.7 Å². The second-order valence-corrected chi connectivity index (χ2v) is 6.86. The van der Waals surface area contributed by atoms with Crippen molar-refractivity contribution in [2.75, 3.05) is 24.6 Å². The average Bonchev–Trinajstić information content (AvgIpc) is 2.26. The summed E-state index contributed by atoms with van der Waals surface area (Å²) in [6.07, 6.45) is 0. The molecule has 0 heterocycles. The van der Waals surface area contributed by atoms with E-state index in [0.717, 1.165) is 0 Å². The molecule has 5 nitrogen and oxygen atoms in total. The molecule has 100 valence electrons. The van der Waals surface area contributed by atoms with Gasteiger partial charge in [-0.05, 0) is 25.1 Å². The molecule has 1 N–H and O–H groups in total. The Morgan fingerprint density at radius 1 is 1.33 bits per heavy atom. The van der Waals surface area contributed by atoms with E-state index < -0.39 is 10.0 Å². The molecule has 0 saturated carbocycles. The van der Waals surface area contributed by atoms with Crippen molar-refractivity contribution < 1.29 is 13.2 Å². The fourth-order valence-electron chi connectivity index (χ4n) is 1.28. The molecule has 1 amide bonds. The van der Waals surface area contributed by atoms with E-state index in [2.05, 4.69) is 20.7 Å². The molecule has 0 atom stereocenters. The number of benzene rings is 1. The zero-order chi connectivity index (χ0) is 13.9. The molecule has 0 radical (unpaired) electrons. The van der Waals surface area contributed by atoms with Gasteiger partial charge in [-0.2, -0.15) is 0 Å². The van der Waals surface area contributed by atoms with Gasteiger partial charge in [-0.3, -0.25) is 9.52 Å². The Hall–Kier alpha value is -1.08. The number of carbonyl (C=O) groups excluding carboxylic acids is 1. The summed E-state index contributed by atoms with van der Waals surface area (Å²) < 4.78 is 26.0. The quantitative estimate of drug-likeness (QED) is 0.914. The van der Waals surface area contributed by atoms with Gasteiger partial charge in [-0.15, -0.1) is 0 Å². The summed E-state index contributed by atoms with van der Waals surface area (Å²) in [6, 6.07) is 4.77. The van der Waals surface area contributed by atoms with Crippen molar-refractivity contribution in [3.63, 3.8) is 0 Å². The van der Waals surface area contributed by atoms with E-state index in [1.807, 2.05) is 0 Å². The van der Waals surface area contributed by atoms with Gasteiger partial charge in [0.25, 0.3) is 5.91 Å². The van der Waals surface area contributed by atoms with Gasteiger partial charge >= 0.3 is 0 Å². The lowest BCUT2D eigenvalue weighted by molar-refractivity contribution is 0.0827. The fraction of sp³-hybridized carbons (Fsp3) is 0.364. The molecule has 1 aromatic carbocycles. The summed E-state index contributed by atoms with van der Waals surface area (Å²) in [6.45, 7) is 1.55. The van der Waals surface area contributed by atoms with Gasteiger partial charge in [0.15, 0.2) is 0 Å². The van der Waals surface area contributed by atoms with E-state index in [1.54, 1.807) is 33.2 Å². The Labute approximate surface area is 115 Å². The minimum Gasteiger partial charge on any atom is -0.345 e. The molecule has 0 spiro atoms. The third-order valence-corrected chi connectivity index (χ3v) is 3.97. The van der Waals surface area contributed by atoms with Gasteiger partial charge in [-0.25, -0.2) is 8.42 Å². The van der Waals surface area contributed by atoms with E-state index in [-0.39, 0.29) is 11.7 Å². The SMILES string of the molecule is CCS(=O)(=O)Nc1cc(Br)cc(C(=O)N(C)C)c1. The number of halogens is 1. The first-order chi connectivity index (χ1) is 8.25. The monoisotopic (exact) mass is 334 g/mol. The van der Waals surface area contributed by atoms with Crippen LogP contribution >= 0.6 is 15.9 Å². The minimum atomic E-state index is -3.35. The van der Waals surface area contributed by atoms with Crippen LogP contribution in [-0.4, -0.2) is 39.1 Å². The van der Waals surface area contributed by atoms with E-state index >= 15 is 0 Å². The Morgan fingerprint density at radius 3 is 2.44 bits per heavy atom. The fourth-order valence-corrected chi connectivity index (χ4v) is 2.40. The summed E-state index contributed by atoms with van der Waals surface area (Å²) in [4.78, 5) is 13.2. The number of carbonyl (C=O) groups is 1. The molecule has 0 aliphatic heterocycles. The van der Waals surface area contributed by atoms with Crippen molar-refractivity contribution in [3.05, 3.63) is 28.2 Å². The Kier molecular flexibility index (Phi) is 4.75. The number of hydrogen-bond acceptors (Lipinski definition) is 3. The lowest BCUT2D eigenvalue weighted by atomic mass is 10.2. The molecule has 1 rings (SSSR count). The molecule has 0 aliphatic rings. The van der Waals surface area contributed by atoms with Crippen LogP contribution in [0, 0.1) is 0 Å². The van der Waals surface area contributed by atoms with Crippen molar-refractivity contribution in [1.29, 1.82) is 0 Å². The van der Waals surface area contributed by atoms with Crippen molar-refractivity contribution >= 4 is 37.5 Å². The highest BCUT2D eigenvalue weighted by molar-refractivity contribution is 9.10. The number of nitrogens with zero attached hydrogens (tertiary/aromatic N) is 1. The van der Waals surface area contributed by atoms with Crippen LogP contribution in [-0.2, 0) is 10.0 Å². The topological polar surface area (TPSA) is 66.5 Å². The van der Waals surface area contributed by atoms with Crippen LogP contribution in [0.5, 0.6) is 0 Å². The van der Waals surface area contributed by atoms with E-state index in [1.165, 1.54) is 11.0 Å². The van der Waals surface area contributed by atoms with Gasteiger partial charge in [-0.1, -0.05) is 15.9 Å². The maximum atomic E-state index is 11.8. The number of nitrogens with one attached hydrogen (secondary N) is 1. The normalized spacial score (nSPS) is 11.1. The summed E-state index contributed by atoms with van der Waals surface area (Å²) in [5, 5.41) is 0. The molecule has 0 aliphatic carbocycles. The van der Waals surface area contributed by atoms with Crippen LogP contribution in [0.4, 0.5) is 5.69 Å². The summed E-state index contributed by atoms with van der Waals surface area (Å²) in [7, 11) is -0.0717. The standard InChI is InChI=1S/C11H15BrN2O3S/c1-4-18(16,17)13-10-6-8(5-9(12)7-10)11(15)14(2)3/h5-7,13H,4H2,1-3H3. The number of anilines is 1. The molecule has 0 bridgehead atoms. The second kappa shape index (κ2) is 5.71. The number of amides is 1. The summed E-state index contributed by atoms with van der Waals surface area (Å²) in [5.41, 5.74) is 0.791. The molecule has 1 aromatic rings. The number of sulfonamides is 1. The smallest absolute Gasteiger partial charge is 0.253 e. The first-order valence-corrected chi connectivity index (χ1v) is 7.72. The Morgan fingerprint density at radius 2 is 1.94 bits per heavy atom. The van der Waals surface area contributed by atoms with Gasteiger partial charge in [0.2, 0.25) is 10.0 Å². The van der Waals surface area contributed by atoms with Crippen LogP contribution in [0.2, 0.25) is 0 Å². The first-order valence-electron chi connectivity index (χ1n) is 5.28. The molecule has 0 aromatic heterocycles. The van der Waals surface area contributed by atoms with Gasteiger partial charge in [0.1, 0.15) is 0 Å². The number of rotatable bonds is 4. The maximum Gasteiger partial charge on any atom is 0.253 e. The minimum absolute atomic E-state index is 0.0174. The van der Waals surface area contributed by atoms with Gasteiger partial charge < -0.3 is 4.90 Å². The largest absolute Gasteiger partial charge is 0.345 e. The van der Waals surface area contributed by atoms with Crippen LogP contribution < -0.4 is 4.72 Å². The molecule has 0 saturated heterocycles. The van der Waals surface area contributed by atoms with Crippen LogP contribution in [0.3, 0.4) is 0 Å². The van der Waals surface area contributed by atoms with E-state index in [9.17, 15) is 13.2 Å². The molecule has 0 unspecified atom stereocenters. The predicted molar refractivity (Wildman–Crippen MR) is 75.2 cm³/mol. The molecular weight excluding hydrogens is 320 g/mol. The molecule has 18 heavy (non-hydrogen) atoms. The molecular formula is C11H15BrN2O3S. The lowest BCUT2D eigenvalue weighted by Crippen LogP contribution is -2.22. The van der Waals surface area contributed by atoms with Crippen molar-refractivity contribution in [1.82, 2.24) is 4.90 Å². The highest BCUT2D eigenvalue weighted by Crippen LogP contribution is 2.21. The lowest BCUT2D eigenvalue weighted by Gasteiger charge is -2.12. The second-order valence-electron chi connectivity index (χ2n) is 3.93. The first kappa shape index (κ1) is 15.0. The average molecular weight is 335 g/mol. The van der Waals surface area contributed by atoms with Crippen molar-refractivity contribution in [2.45, 2.75) is 6.92 Å². The van der Waals surface area contributed by atoms with Crippen LogP contribution in [0.15, 0.2) is 22.7 Å². The van der Waals surface area contributed by atoms with Gasteiger partial charge in [0.05, 0.1) is 11.4 Å². The third-order valence-electron chi connectivity index (χ3n) is 2.20. The zero-order valence-corrected chi connectivity index (χ0v) is 12.8. The van der Waals surface area contributed by atoms with Crippen LogP contribution in [0.1, 0.15) is 17.3 Å². The van der Waals surface area contributed by atoms with Crippen molar-refractivity contribution in [2.24, 2.45) is 0 Å². The third kappa shape index (κ3) is 3.99. The van der Waals surface area contributed by atoms with Crippen LogP contribution in [0.25, 0.3) is 0 Å². The highest BCUT2D eigenvalue weighted by atomic mass is 79.9. The Balaban J connectivity index is 3.13. The Bertz CT molecular complexity index is 555. The molecule has 0 fully saturated rings. The van der Waals surface area contributed by atoms with Gasteiger partial charge in [0, 0.05) is 24.1 Å². The highest BCUT2D eigenvalue weighted by Gasteiger charge is 2.12. The van der Waals surface area contributed by atoms with Crippen molar-refractivity contribution in [3.8, 4) is 0 Å².